The van der Waals surface area contributed by atoms with Gasteiger partial charge in [-0.25, -0.2) is 0 Å². The third-order valence-electron chi connectivity index (χ3n) is 1.99. The van der Waals surface area contributed by atoms with E-state index in [1.54, 1.807) is 6.07 Å². The maximum Gasteiger partial charge on any atom is 0.249 e. The molecule has 1 aliphatic rings. The van der Waals surface area contributed by atoms with Crippen LogP contribution in [0.15, 0.2) is 23.1 Å². The van der Waals surface area contributed by atoms with Crippen LogP contribution in [0.4, 0.5) is 5.69 Å². The minimum absolute atomic E-state index is 0.0191. The summed E-state index contributed by atoms with van der Waals surface area (Å²) in [4.78, 5) is 24.6. The number of carbonyl (C=O) groups excluding carboxylic acids is 1. The molecule has 0 atom stereocenters. The Labute approximate surface area is 75.0 Å². The van der Waals surface area contributed by atoms with Gasteiger partial charge in [0, 0.05) is 23.9 Å². The van der Waals surface area contributed by atoms with Crippen molar-refractivity contribution in [1.82, 2.24) is 4.98 Å². The number of H-pyrrole nitrogens is 1. The third kappa shape index (κ3) is 1.96. The molecule has 0 unspecified atom stereocenters. The van der Waals surface area contributed by atoms with Gasteiger partial charge in [0.15, 0.2) is 0 Å². The third-order valence-corrected chi connectivity index (χ3v) is 1.99. The lowest BCUT2D eigenvalue weighted by molar-refractivity contribution is -0.117. The van der Waals surface area contributed by atoms with Crippen LogP contribution < -0.4 is 10.9 Å². The first-order chi connectivity index (χ1) is 6.25. The van der Waals surface area contributed by atoms with Gasteiger partial charge < -0.3 is 10.3 Å². The lowest BCUT2D eigenvalue weighted by Gasteiger charge is -2.01. The zero-order chi connectivity index (χ0) is 9.26. The molecule has 0 radical (unpaired) electrons. The number of rotatable bonds is 2. The van der Waals surface area contributed by atoms with Crippen LogP contribution in [0.3, 0.4) is 0 Å². The van der Waals surface area contributed by atoms with Crippen LogP contribution in [0, 0.1) is 5.92 Å². The summed E-state index contributed by atoms with van der Waals surface area (Å²) in [6.07, 6.45) is 3.45. The molecule has 13 heavy (non-hydrogen) atoms. The van der Waals surface area contributed by atoms with Crippen molar-refractivity contribution in [2.75, 3.05) is 5.32 Å². The summed E-state index contributed by atoms with van der Waals surface area (Å²) in [5.74, 6) is 0.185. The molecule has 1 amide bonds. The number of amides is 1. The predicted octanol–water partition coefficient (Wildman–Crippen LogP) is 0.723. The van der Waals surface area contributed by atoms with E-state index < -0.39 is 0 Å². The van der Waals surface area contributed by atoms with E-state index in [2.05, 4.69) is 10.3 Å². The largest absolute Gasteiger partial charge is 0.329 e. The van der Waals surface area contributed by atoms with E-state index in [0.29, 0.717) is 5.69 Å². The molecule has 0 spiro atoms. The van der Waals surface area contributed by atoms with E-state index >= 15 is 0 Å². The Bertz CT molecular complexity index is 379. The summed E-state index contributed by atoms with van der Waals surface area (Å²) in [5.41, 5.74) is 0.370. The second kappa shape index (κ2) is 3.05. The van der Waals surface area contributed by atoms with Crippen molar-refractivity contribution in [2.45, 2.75) is 12.8 Å². The lowest BCUT2D eigenvalue weighted by atomic mass is 10.3. The summed E-state index contributed by atoms with van der Waals surface area (Å²) in [7, 11) is 0. The molecule has 1 aliphatic carbocycles. The minimum atomic E-state index is -0.200. The molecule has 68 valence electrons. The fourth-order valence-electron chi connectivity index (χ4n) is 1.11. The second-order valence-electron chi connectivity index (χ2n) is 3.21. The molecular weight excluding hydrogens is 168 g/mol. The molecule has 0 aliphatic heterocycles. The predicted molar refractivity (Wildman–Crippen MR) is 48.4 cm³/mol. The van der Waals surface area contributed by atoms with Gasteiger partial charge in [-0.1, -0.05) is 0 Å². The molecule has 0 saturated heterocycles. The van der Waals surface area contributed by atoms with Crippen molar-refractivity contribution in [3.63, 3.8) is 0 Å². The van der Waals surface area contributed by atoms with Gasteiger partial charge in [-0.3, -0.25) is 9.59 Å². The van der Waals surface area contributed by atoms with Crippen LogP contribution in [0.2, 0.25) is 0 Å². The summed E-state index contributed by atoms with van der Waals surface area (Å²) in [5, 5.41) is 2.69. The average Bonchev–Trinajstić information content (AvgIpc) is 2.85. The SMILES string of the molecule is O=C(Nc1cc[nH]c(=O)c1)C1CC1. The fourth-order valence-corrected chi connectivity index (χ4v) is 1.11. The number of carbonyl (C=O) groups is 1. The van der Waals surface area contributed by atoms with Crippen LogP contribution in [-0.2, 0) is 4.79 Å². The summed E-state index contributed by atoms with van der Waals surface area (Å²) in [6, 6.07) is 3.04. The first kappa shape index (κ1) is 8.04. The Morgan fingerprint density at radius 1 is 1.54 bits per heavy atom. The normalized spacial score (nSPS) is 15.4. The van der Waals surface area contributed by atoms with E-state index in [0.717, 1.165) is 12.8 Å². The Hall–Kier alpha value is -1.58. The highest BCUT2D eigenvalue weighted by atomic mass is 16.2. The van der Waals surface area contributed by atoms with Crippen LogP contribution in [-0.4, -0.2) is 10.9 Å². The quantitative estimate of drug-likeness (QED) is 0.701. The highest BCUT2D eigenvalue weighted by molar-refractivity contribution is 5.93. The number of anilines is 1. The van der Waals surface area contributed by atoms with Gasteiger partial charge in [0.1, 0.15) is 0 Å². The Morgan fingerprint density at radius 3 is 2.92 bits per heavy atom. The van der Waals surface area contributed by atoms with Gasteiger partial charge in [0.2, 0.25) is 11.5 Å². The van der Waals surface area contributed by atoms with Gasteiger partial charge in [0.05, 0.1) is 0 Å². The standard InChI is InChI=1S/C9H10N2O2/c12-8-5-7(3-4-10-8)11-9(13)6-1-2-6/h3-6H,1-2H2,(H2,10,11,12,13). The minimum Gasteiger partial charge on any atom is -0.329 e. The van der Waals surface area contributed by atoms with Gasteiger partial charge >= 0.3 is 0 Å². The molecule has 0 bridgehead atoms. The molecule has 1 heterocycles. The molecule has 1 aromatic rings. The first-order valence-electron chi connectivity index (χ1n) is 4.25. The summed E-state index contributed by atoms with van der Waals surface area (Å²) in [6.45, 7) is 0. The smallest absolute Gasteiger partial charge is 0.249 e. The van der Waals surface area contributed by atoms with E-state index in [-0.39, 0.29) is 17.4 Å². The molecule has 2 N–H and O–H groups in total. The van der Waals surface area contributed by atoms with Gasteiger partial charge in [-0.15, -0.1) is 0 Å². The molecular formula is C9H10N2O2. The monoisotopic (exact) mass is 178 g/mol. The molecule has 4 heteroatoms. The highest BCUT2D eigenvalue weighted by Crippen LogP contribution is 2.29. The molecule has 1 aromatic heterocycles. The van der Waals surface area contributed by atoms with E-state index in [1.165, 1.54) is 12.3 Å². The second-order valence-corrected chi connectivity index (χ2v) is 3.21. The number of pyridine rings is 1. The zero-order valence-electron chi connectivity index (χ0n) is 7.04. The van der Waals surface area contributed by atoms with Crippen LogP contribution in [0.5, 0.6) is 0 Å². The van der Waals surface area contributed by atoms with Gasteiger partial charge in [-0.05, 0) is 18.9 Å². The molecule has 4 nitrogen and oxygen atoms in total. The topological polar surface area (TPSA) is 62.0 Å². The Morgan fingerprint density at radius 2 is 2.31 bits per heavy atom. The van der Waals surface area contributed by atoms with Crippen molar-refractivity contribution in [2.24, 2.45) is 5.92 Å². The highest BCUT2D eigenvalue weighted by Gasteiger charge is 2.29. The van der Waals surface area contributed by atoms with Crippen molar-refractivity contribution < 1.29 is 4.79 Å². The van der Waals surface area contributed by atoms with E-state index in [9.17, 15) is 9.59 Å². The van der Waals surface area contributed by atoms with Crippen molar-refractivity contribution in [3.8, 4) is 0 Å². The van der Waals surface area contributed by atoms with Gasteiger partial charge in [0.25, 0.3) is 0 Å². The van der Waals surface area contributed by atoms with Crippen LogP contribution in [0.1, 0.15) is 12.8 Å². The zero-order valence-corrected chi connectivity index (χ0v) is 7.04. The fraction of sp³-hybridized carbons (Fsp3) is 0.333. The first-order valence-corrected chi connectivity index (χ1v) is 4.25. The van der Waals surface area contributed by atoms with E-state index in [1.807, 2.05) is 0 Å². The summed E-state index contributed by atoms with van der Waals surface area (Å²) >= 11 is 0. The molecule has 1 saturated carbocycles. The average molecular weight is 178 g/mol. The number of aromatic nitrogens is 1. The van der Waals surface area contributed by atoms with Crippen molar-refractivity contribution in [1.29, 1.82) is 0 Å². The number of nitrogens with one attached hydrogen (secondary N) is 2. The van der Waals surface area contributed by atoms with Crippen molar-refractivity contribution >= 4 is 11.6 Å². The number of hydrogen-bond acceptors (Lipinski definition) is 2. The van der Waals surface area contributed by atoms with Crippen molar-refractivity contribution in [3.05, 3.63) is 28.7 Å². The van der Waals surface area contributed by atoms with Crippen LogP contribution >= 0.6 is 0 Å². The van der Waals surface area contributed by atoms with E-state index in [4.69, 9.17) is 0 Å². The summed E-state index contributed by atoms with van der Waals surface area (Å²) < 4.78 is 0. The molecule has 2 rings (SSSR count). The van der Waals surface area contributed by atoms with Gasteiger partial charge in [-0.2, -0.15) is 0 Å². The number of hydrogen-bond donors (Lipinski definition) is 2. The molecule has 0 aromatic carbocycles. The maximum absolute atomic E-state index is 11.3. The van der Waals surface area contributed by atoms with Crippen LogP contribution in [0.25, 0.3) is 0 Å². The Kier molecular flexibility index (Phi) is 1.88. The molecule has 1 fully saturated rings. The number of aromatic amines is 1. The maximum atomic E-state index is 11.3. The Balaban J connectivity index is 2.08. The lowest BCUT2D eigenvalue weighted by Crippen LogP contribution is -2.15.